The molecule has 0 aliphatic rings. The van der Waals surface area contributed by atoms with Crippen molar-refractivity contribution in [1.29, 1.82) is 5.26 Å². The van der Waals surface area contributed by atoms with Crippen molar-refractivity contribution in [2.45, 2.75) is 0 Å². The van der Waals surface area contributed by atoms with Gasteiger partial charge < -0.3 is 12.3 Å². The quantitative estimate of drug-likeness (QED) is 0.304. The molecule has 0 bridgehead atoms. The highest BCUT2D eigenvalue weighted by Crippen LogP contribution is 1.46. The van der Waals surface area contributed by atoms with E-state index in [1.165, 1.54) is 5.40 Å². The second-order valence-corrected chi connectivity index (χ2v) is 0.300. The predicted molar refractivity (Wildman–Crippen MR) is 24.6 cm³/mol. The van der Waals surface area contributed by atoms with Crippen LogP contribution in [0.25, 0.3) is 0 Å². The third-order valence-electron chi connectivity index (χ3n) is 0. The van der Waals surface area contributed by atoms with Crippen molar-refractivity contribution in [3.8, 4) is 5.40 Å². The molecule has 6 N–H and O–H groups in total. The molecule has 3 nitrogen and oxygen atoms in total. The summed E-state index contributed by atoms with van der Waals surface area (Å²) < 4.78 is 0. The molecule has 0 unspecified atom stereocenters. The van der Waals surface area contributed by atoms with Gasteiger partial charge in [-0.25, -0.2) is 0 Å². The van der Waals surface area contributed by atoms with Gasteiger partial charge in [0.05, 0.1) is 0 Å². The molecule has 0 spiro atoms. The molecule has 0 amide bonds. The molecular weight excluding hydrogens is 86.1 g/mol. The first-order chi connectivity index (χ1) is 1.41. The van der Waals surface area contributed by atoms with E-state index < -0.39 is 0 Å². The third kappa shape index (κ3) is 202. The highest BCUT2D eigenvalue weighted by Gasteiger charge is 1.18. The summed E-state index contributed by atoms with van der Waals surface area (Å²) in [5.41, 5.74) is 0. The van der Waals surface area contributed by atoms with Crippen LogP contribution in [0.4, 0.5) is 0 Å². The van der Waals surface area contributed by atoms with E-state index in [0.29, 0.717) is 0 Å². The lowest BCUT2D eigenvalue weighted by Gasteiger charge is -1.14. The molecule has 4 heteroatoms. The molecule has 0 aliphatic carbocycles. The van der Waals surface area contributed by atoms with Crippen LogP contribution in [0.3, 0.4) is 0 Å². The average molecular weight is 93.2 g/mol. The number of hydrogen-bond donors (Lipinski definition) is 3. The average Bonchev–Trinajstić information content (AvgIpc) is 0.918. The van der Waals surface area contributed by atoms with E-state index in [1.807, 2.05) is 0 Å². The zero-order valence-electron chi connectivity index (χ0n) is 2.81. The van der Waals surface area contributed by atoms with Crippen LogP contribution in [0.15, 0.2) is 0 Å². The molecule has 0 atom stereocenters. The fraction of sp³-hybridized carbons (Fsp3) is 0. The number of thiocyanates is 1. The van der Waals surface area contributed by atoms with Crippen molar-refractivity contribution in [2.24, 2.45) is 0 Å². The minimum atomic E-state index is 0. The van der Waals surface area contributed by atoms with Crippen LogP contribution >= 0.6 is 12.6 Å². The standard InChI is InChI=1S/CHNS.2H3N/c2-1-3;;/h3H;2*1H3. The summed E-state index contributed by atoms with van der Waals surface area (Å²) >= 11 is 3.09. The van der Waals surface area contributed by atoms with Gasteiger partial charge in [-0.3, -0.25) is 0 Å². The molecule has 32 valence electrons. The maximum absolute atomic E-state index is 7.18. The second-order valence-electron chi connectivity index (χ2n) is 0.100. The third-order valence-corrected chi connectivity index (χ3v) is 0. The van der Waals surface area contributed by atoms with E-state index >= 15 is 0 Å². The summed E-state index contributed by atoms with van der Waals surface area (Å²) in [6, 6.07) is 0. The first-order valence-electron chi connectivity index (χ1n) is 0.447. The zero-order chi connectivity index (χ0) is 2.71. The van der Waals surface area contributed by atoms with E-state index in [0.717, 1.165) is 0 Å². The summed E-state index contributed by atoms with van der Waals surface area (Å²) in [6.45, 7) is 0. The predicted octanol–water partition coefficient (Wildman–Crippen LogP) is 0.721. The molecule has 0 aromatic heterocycles. The van der Waals surface area contributed by atoms with Gasteiger partial charge in [0, 0.05) is 0 Å². The van der Waals surface area contributed by atoms with Crippen LogP contribution < -0.4 is 12.3 Å². The Balaban J connectivity index is -0.0000000200. The molecule has 0 saturated heterocycles. The van der Waals surface area contributed by atoms with Crippen LogP contribution in [0.2, 0.25) is 0 Å². The monoisotopic (exact) mass is 93.0 g/mol. The van der Waals surface area contributed by atoms with E-state index in [1.54, 1.807) is 0 Å². The van der Waals surface area contributed by atoms with Gasteiger partial charge in [-0.05, 0) is 0 Å². The van der Waals surface area contributed by atoms with Crippen LogP contribution in [-0.2, 0) is 0 Å². The normalized spacial score (nSPS) is 1.60. The van der Waals surface area contributed by atoms with Crippen molar-refractivity contribution >= 4 is 12.6 Å². The highest BCUT2D eigenvalue weighted by atomic mass is 32.1. The Morgan fingerprint density at radius 1 is 1.40 bits per heavy atom. The Bertz CT molecular complexity index is 28.4. The van der Waals surface area contributed by atoms with Gasteiger partial charge in [0.15, 0.2) is 0 Å². The van der Waals surface area contributed by atoms with Gasteiger partial charge in [0.25, 0.3) is 0 Å². The summed E-state index contributed by atoms with van der Waals surface area (Å²) in [7, 11) is 0. The molecular formula is CH7N3S. The van der Waals surface area contributed by atoms with Gasteiger partial charge >= 0.3 is 0 Å². The van der Waals surface area contributed by atoms with Gasteiger partial charge in [0.2, 0.25) is 0 Å². The van der Waals surface area contributed by atoms with Gasteiger partial charge in [-0.2, -0.15) is 5.26 Å². The summed E-state index contributed by atoms with van der Waals surface area (Å²) in [5.74, 6) is 0. The number of nitriles is 1. The lowest BCUT2D eigenvalue weighted by Crippen LogP contribution is -0.961. The van der Waals surface area contributed by atoms with Crippen molar-refractivity contribution in [2.75, 3.05) is 0 Å². The topological polar surface area (TPSA) is 93.8 Å². The maximum Gasteiger partial charge on any atom is 0.130 e. The van der Waals surface area contributed by atoms with Crippen LogP contribution in [0.1, 0.15) is 0 Å². The van der Waals surface area contributed by atoms with Crippen LogP contribution in [0, 0.1) is 10.7 Å². The number of nitrogens with zero attached hydrogens (tertiary/aromatic N) is 1. The van der Waals surface area contributed by atoms with E-state index in [-0.39, 0.29) is 12.3 Å². The molecule has 0 aromatic carbocycles. The molecule has 0 rings (SSSR count). The molecule has 0 radical (unpaired) electrons. The Kier molecular flexibility index (Phi) is 215. The van der Waals surface area contributed by atoms with Crippen molar-refractivity contribution in [1.82, 2.24) is 12.3 Å². The number of rotatable bonds is 0. The number of hydrogen-bond acceptors (Lipinski definition) is 4. The lowest BCUT2D eigenvalue weighted by molar-refractivity contribution is 1.57. The first-order valence-corrected chi connectivity index (χ1v) is 0.894. The van der Waals surface area contributed by atoms with E-state index in [4.69, 9.17) is 5.26 Å². The molecule has 5 heavy (non-hydrogen) atoms. The second kappa shape index (κ2) is 49.6. The van der Waals surface area contributed by atoms with E-state index in [2.05, 4.69) is 12.6 Å². The largest absolute Gasteiger partial charge is 0.344 e. The minimum Gasteiger partial charge on any atom is -0.344 e. The van der Waals surface area contributed by atoms with Gasteiger partial charge in [-0.1, -0.05) is 12.6 Å². The molecule has 0 fully saturated rings. The maximum atomic E-state index is 7.18. The lowest BCUT2D eigenvalue weighted by atomic mass is 11.8. The SMILES string of the molecule is N.N.N#CS. The summed E-state index contributed by atoms with van der Waals surface area (Å²) in [6.07, 6.45) is 0. The van der Waals surface area contributed by atoms with Crippen LogP contribution in [-0.4, -0.2) is 0 Å². The van der Waals surface area contributed by atoms with Gasteiger partial charge in [-0.15, -0.1) is 0 Å². The molecule has 0 saturated carbocycles. The molecule has 0 aromatic rings. The van der Waals surface area contributed by atoms with Gasteiger partial charge in [0.1, 0.15) is 5.40 Å². The van der Waals surface area contributed by atoms with Crippen molar-refractivity contribution in [3.63, 3.8) is 0 Å². The minimum absolute atomic E-state index is 0. The van der Waals surface area contributed by atoms with E-state index in [9.17, 15) is 0 Å². The smallest absolute Gasteiger partial charge is 0.130 e. The fourth-order valence-electron chi connectivity index (χ4n) is 0. The zero-order valence-corrected chi connectivity index (χ0v) is 3.70. The van der Waals surface area contributed by atoms with Crippen LogP contribution in [0.5, 0.6) is 0 Å². The molecule has 0 aliphatic heterocycles. The first kappa shape index (κ1) is 21.7. The Labute approximate surface area is 36.6 Å². The summed E-state index contributed by atoms with van der Waals surface area (Å²) in [5, 5.41) is 8.63. The molecule has 0 heterocycles. The highest BCUT2D eigenvalue weighted by molar-refractivity contribution is 7.85. The summed E-state index contributed by atoms with van der Waals surface area (Å²) in [4.78, 5) is 0. The Morgan fingerprint density at radius 2 is 1.40 bits per heavy atom. The Morgan fingerprint density at radius 3 is 1.40 bits per heavy atom. The number of thiol groups is 1. The van der Waals surface area contributed by atoms with Crippen molar-refractivity contribution < 1.29 is 0 Å². The fourth-order valence-corrected chi connectivity index (χ4v) is 0. The van der Waals surface area contributed by atoms with Crippen molar-refractivity contribution in [3.05, 3.63) is 0 Å². The Hall–Kier alpha value is -0.240.